The molecular weight excluding hydrogens is 276 g/mol. The van der Waals surface area contributed by atoms with Crippen LogP contribution in [0, 0.1) is 0 Å². The Hall–Kier alpha value is -2.04. The molecule has 1 saturated heterocycles. The topological polar surface area (TPSA) is 37.6 Å². The Balaban J connectivity index is 1.56. The van der Waals surface area contributed by atoms with E-state index in [4.69, 9.17) is 9.15 Å². The van der Waals surface area contributed by atoms with Crippen molar-refractivity contribution in [3.8, 4) is 0 Å². The monoisotopic (exact) mass is 298 g/mol. The summed E-state index contributed by atoms with van der Waals surface area (Å²) in [4.78, 5) is 2.43. The van der Waals surface area contributed by atoms with Crippen LogP contribution in [0.2, 0.25) is 0 Å². The molecule has 4 heteroatoms. The summed E-state index contributed by atoms with van der Waals surface area (Å²) in [6.07, 6.45) is 5.74. The molecule has 1 aromatic heterocycles. The van der Waals surface area contributed by atoms with Crippen LogP contribution in [0.15, 0.2) is 53.2 Å². The second-order valence-electron chi connectivity index (χ2n) is 5.34. The fraction of sp³-hybridized carbons (Fsp3) is 0.333. The van der Waals surface area contributed by atoms with Crippen LogP contribution in [0.25, 0.3) is 6.08 Å². The highest BCUT2D eigenvalue weighted by atomic mass is 16.5. The molecule has 1 fully saturated rings. The Labute approximate surface area is 131 Å². The van der Waals surface area contributed by atoms with E-state index in [0.29, 0.717) is 0 Å². The summed E-state index contributed by atoms with van der Waals surface area (Å²) in [5.41, 5.74) is 2.52. The molecule has 2 heterocycles. The third kappa shape index (κ3) is 4.23. The first-order chi connectivity index (χ1) is 10.9. The maximum atomic E-state index is 5.41. The van der Waals surface area contributed by atoms with Crippen molar-refractivity contribution in [3.63, 3.8) is 0 Å². The Morgan fingerprint density at radius 1 is 1.09 bits per heavy atom. The molecule has 116 valence electrons. The molecule has 0 amide bonds. The van der Waals surface area contributed by atoms with Crippen LogP contribution in [0.3, 0.4) is 0 Å². The summed E-state index contributed by atoms with van der Waals surface area (Å²) < 4.78 is 10.7. The molecule has 1 aliphatic rings. The van der Waals surface area contributed by atoms with Gasteiger partial charge in [-0.05, 0) is 29.8 Å². The van der Waals surface area contributed by atoms with Crippen molar-refractivity contribution in [2.75, 3.05) is 38.2 Å². The van der Waals surface area contributed by atoms with Crippen LogP contribution in [0.5, 0.6) is 0 Å². The van der Waals surface area contributed by atoms with E-state index in [9.17, 15) is 0 Å². The van der Waals surface area contributed by atoms with E-state index in [1.807, 2.05) is 18.2 Å². The number of nitrogens with one attached hydrogen (secondary N) is 1. The Kier molecular flexibility index (Phi) is 5.29. The molecular formula is C18H22N2O2. The van der Waals surface area contributed by atoms with E-state index >= 15 is 0 Å². The number of rotatable bonds is 6. The number of hydrogen-bond acceptors (Lipinski definition) is 4. The molecule has 1 aromatic carbocycles. The van der Waals surface area contributed by atoms with Crippen LogP contribution < -0.4 is 5.32 Å². The Bertz CT molecular complexity index is 587. The highest BCUT2D eigenvalue weighted by Gasteiger charge is 2.12. The molecule has 0 aliphatic carbocycles. The predicted octanol–water partition coefficient (Wildman–Crippen LogP) is 3.24. The largest absolute Gasteiger partial charge is 0.465 e. The second-order valence-corrected chi connectivity index (χ2v) is 5.34. The van der Waals surface area contributed by atoms with Crippen LogP contribution in [0.1, 0.15) is 11.3 Å². The smallest absolute Gasteiger partial charge is 0.126 e. The minimum absolute atomic E-state index is 0.779. The van der Waals surface area contributed by atoms with Crippen molar-refractivity contribution >= 4 is 11.8 Å². The van der Waals surface area contributed by atoms with Gasteiger partial charge in [-0.25, -0.2) is 0 Å². The highest BCUT2D eigenvalue weighted by molar-refractivity contribution is 5.52. The molecule has 1 aliphatic heterocycles. The normalized spacial score (nSPS) is 16.2. The zero-order chi connectivity index (χ0) is 15.0. The van der Waals surface area contributed by atoms with Gasteiger partial charge in [0, 0.05) is 31.9 Å². The number of furan rings is 1. The Morgan fingerprint density at radius 3 is 2.77 bits per heavy atom. The maximum absolute atomic E-state index is 5.41. The van der Waals surface area contributed by atoms with Crippen molar-refractivity contribution in [1.82, 2.24) is 4.90 Å². The lowest BCUT2D eigenvalue weighted by atomic mass is 10.1. The van der Waals surface area contributed by atoms with Gasteiger partial charge < -0.3 is 14.5 Å². The zero-order valence-corrected chi connectivity index (χ0v) is 12.7. The molecule has 1 N–H and O–H groups in total. The fourth-order valence-electron chi connectivity index (χ4n) is 2.56. The number of anilines is 1. The molecule has 0 unspecified atom stereocenters. The molecule has 0 saturated carbocycles. The first kappa shape index (κ1) is 14.9. The standard InChI is InChI=1S/C18H22N2O2/c1-2-8-18(19-9-3-6-17-7-4-12-22-17)16(5-1)15-20-10-13-21-14-11-20/h1-8,12,19H,9-11,13-15H2/b6-3+. The lowest BCUT2D eigenvalue weighted by Crippen LogP contribution is -2.35. The van der Waals surface area contributed by atoms with Gasteiger partial charge in [0.1, 0.15) is 5.76 Å². The first-order valence-electron chi connectivity index (χ1n) is 7.74. The first-order valence-corrected chi connectivity index (χ1v) is 7.74. The van der Waals surface area contributed by atoms with Gasteiger partial charge in [-0.1, -0.05) is 24.3 Å². The summed E-state index contributed by atoms with van der Waals surface area (Å²) >= 11 is 0. The minimum atomic E-state index is 0.779. The highest BCUT2D eigenvalue weighted by Crippen LogP contribution is 2.17. The fourth-order valence-corrected chi connectivity index (χ4v) is 2.56. The van der Waals surface area contributed by atoms with Gasteiger partial charge in [-0.3, -0.25) is 4.90 Å². The quantitative estimate of drug-likeness (QED) is 0.888. The van der Waals surface area contributed by atoms with Crippen LogP contribution >= 0.6 is 0 Å². The third-order valence-electron chi connectivity index (χ3n) is 3.75. The molecule has 4 nitrogen and oxygen atoms in total. The van der Waals surface area contributed by atoms with E-state index in [-0.39, 0.29) is 0 Å². The average molecular weight is 298 g/mol. The minimum Gasteiger partial charge on any atom is -0.465 e. The summed E-state index contributed by atoms with van der Waals surface area (Å²) in [6.45, 7) is 5.43. The van der Waals surface area contributed by atoms with E-state index in [0.717, 1.165) is 45.2 Å². The van der Waals surface area contributed by atoms with E-state index in [2.05, 4.69) is 40.6 Å². The number of nitrogens with zero attached hydrogens (tertiary/aromatic N) is 1. The van der Waals surface area contributed by atoms with Crippen LogP contribution in [-0.4, -0.2) is 37.7 Å². The molecule has 22 heavy (non-hydrogen) atoms. The van der Waals surface area contributed by atoms with Gasteiger partial charge in [0.15, 0.2) is 0 Å². The third-order valence-corrected chi connectivity index (χ3v) is 3.75. The number of morpholine rings is 1. The van der Waals surface area contributed by atoms with E-state index < -0.39 is 0 Å². The SMILES string of the molecule is C(=C\c1ccco1)/CNc1ccccc1CN1CCOCC1. The van der Waals surface area contributed by atoms with Crippen molar-refractivity contribution in [3.05, 3.63) is 60.1 Å². The van der Waals surface area contributed by atoms with Crippen LogP contribution in [0.4, 0.5) is 5.69 Å². The maximum Gasteiger partial charge on any atom is 0.126 e. The van der Waals surface area contributed by atoms with Crippen molar-refractivity contribution in [1.29, 1.82) is 0 Å². The van der Waals surface area contributed by atoms with Gasteiger partial charge >= 0.3 is 0 Å². The lowest BCUT2D eigenvalue weighted by Gasteiger charge is -2.27. The molecule has 0 atom stereocenters. The van der Waals surface area contributed by atoms with Gasteiger partial charge in [-0.15, -0.1) is 0 Å². The number of benzene rings is 1. The van der Waals surface area contributed by atoms with Gasteiger partial charge in [0.2, 0.25) is 0 Å². The summed E-state index contributed by atoms with van der Waals surface area (Å²) in [7, 11) is 0. The van der Waals surface area contributed by atoms with Crippen molar-refractivity contribution in [2.45, 2.75) is 6.54 Å². The lowest BCUT2D eigenvalue weighted by molar-refractivity contribution is 0.0343. The second kappa shape index (κ2) is 7.82. The summed E-state index contributed by atoms with van der Waals surface area (Å²) in [5.74, 6) is 0.878. The number of para-hydroxylation sites is 1. The predicted molar refractivity (Wildman–Crippen MR) is 88.8 cm³/mol. The van der Waals surface area contributed by atoms with Crippen LogP contribution in [-0.2, 0) is 11.3 Å². The van der Waals surface area contributed by atoms with E-state index in [1.54, 1.807) is 6.26 Å². The van der Waals surface area contributed by atoms with Gasteiger partial charge in [-0.2, -0.15) is 0 Å². The Morgan fingerprint density at radius 2 is 1.95 bits per heavy atom. The van der Waals surface area contributed by atoms with Gasteiger partial charge in [0.25, 0.3) is 0 Å². The number of hydrogen-bond donors (Lipinski definition) is 1. The average Bonchev–Trinajstić information content (AvgIpc) is 3.07. The molecule has 0 bridgehead atoms. The van der Waals surface area contributed by atoms with Crippen molar-refractivity contribution in [2.24, 2.45) is 0 Å². The van der Waals surface area contributed by atoms with Crippen molar-refractivity contribution < 1.29 is 9.15 Å². The van der Waals surface area contributed by atoms with E-state index in [1.165, 1.54) is 11.3 Å². The molecule has 0 spiro atoms. The summed E-state index contributed by atoms with van der Waals surface area (Å²) in [6, 6.07) is 12.3. The zero-order valence-electron chi connectivity index (χ0n) is 12.7. The summed E-state index contributed by atoms with van der Waals surface area (Å²) in [5, 5.41) is 3.48. The number of ether oxygens (including phenoxy) is 1. The van der Waals surface area contributed by atoms with Gasteiger partial charge in [0.05, 0.1) is 19.5 Å². The molecule has 3 rings (SSSR count). The molecule has 2 aromatic rings. The molecule has 0 radical (unpaired) electrons.